The van der Waals surface area contributed by atoms with Crippen molar-refractivity contribution >= 4 is 0 Å². The predicted octanol–water partition coefficient (Wildman–Crippen LogP) is 2.65. The maximum atomic E-state index is 13.2. The van der Waals surface area contributed by atoms with E-state index in [0.29, 0.717) is 18.1 Å². The minimum absolute atomic E-state index is 0.0787. The molecule has 0 bridgehead atoms. The topological polar surface area (TPSA) is 41.5 Å². The van der Waals surface area contributed by atoms with E-state index in [0.717, 1.165) is 12.1 Å². The summed E-state index contributed by atoms with van der Waals surface area (Å²) in [6.45, 7) is 6.42. The third-order valence-electron chi connectivity index (χ3n) is 3.39. The SMILES string of the molecule is COCC(NC(C)C(O)c1ccc(F)c(F)c1)C(C)C. The van der Waals surface area contributed by atoms with Gasteiger partial charge in [0.15, 0.2) is 11.6 Å². The Hall–Kier alpha value is -1.04. The van der Waals surface area contributed by atoms with Gasteiger partial charge >= 0.3 is 0 Å². The van der Waals surface area contributed by atoms with Crippen molar-refractivity contribution in [1.29, 1.82) is 0 Å². The van der Waals surface area contributed by atoms with Crippen molar-refractivity contribution in [2.45, 2.75) is 39.0 Å². The average molecular weight is 287 g/mol. The minimum atomic E-state index is -0.953. The number of benzene rings is 1. The van der Waals surface area contributed by atoms with Crippen molar-refractivity contribution < 1.29 is 18.6 Å². The lowest BCUT2D eigenvalue weighted by atomic mass is 9.99. The molecule has 0 saturated carbocycles. The van der Waals surface area contributed by atoms with Gasteiger partial charge in [0.2, 0.25) is 0 Å². The van der Waals surface area contributed by atoms with Gasteiger partial charge in [0.25, 0.3) is 0 Å². The highest BCUT2D eigenvalue weighted by Crippen LogP contribution is 2.20. The van der Waals surface area contributed by atoms with Crippen LogP contribution in [0.5, 0.6) is 0 Å². The van der Waals surface area contributed by atoms with Crippen LogP contribution in [0.25, 0.3) is 0 Å². The van der Waals surface area contributed by atoms with Crippen molar-refractivity contribution in [3.63, 3.8) is 0 Å². The summed E-state index contributed by atoms with van der Waals surface area (Å²) in [4.78, 5) is 0. The Morgan fingerprint density at radius 2 is 1.85 bits per heavy atom. The molecular formula is C15H23F2NO2. The summed E-state index contributed by atoms with van der Waals surface area (Å²) in [5.41, 5.74) is 0.351. The van der Waals surface area contributed by atoms with Crippen molar-refractivity contribution in [2.24, 2.45) is 5.92 Å². The fraction of sp³-hybridized carbons (Fsp3) is 0.600. The molecule has 0 aliphatic heterocycles. The molecule has 0 spiro atoms. The number of nitrogens with one attached hydrogen (secondary N) is 1. The molecular weight excluding hydrogens is 264 g/mol. The van der Waals surface area contributed by atoms with Crippen LogP contribution in [0.3, 0.4) is 0 Å². The highest BCUT2D eigenvalue weighted by molar-refractivity contribution is 5.21. The smallest absolute Gasteiger partial charge is 0.159 e. The zero-order valence-electron chi connectivity index (χ0n) is 12.4. The largest absolute Gasteiger partial charge is 0.387 e. The first kappa shape index (κ1) is 17.0. The molecule has 1 aromatic carbocycles. The van der Waals surface area contributed by atoms with Crippen LogP contribution < -0.4 is 5.32 Å². The van der Waals surface area contributed by atoms with Gasteiger partial charge in [-0.15, -0.1) is 0 Å². The summed E-state index contributed by atoms with van der Waals surface area (Å²) in [5.74, 6) is -1.54. The number of halogens is 2. The average Bonchev–Trinajstić information content (AvgIpc) is 2.40. The second-order valence-corrected chi connectivity index (χ2v) is 5.38. The van der Waals surface area contributed by atoms with E-state index in [1.165, 1.54) is 6.07 Å². The first-order valence-corrected chi connectivity index (χ1v) is 6.74. The van der Waals surface area contributed by atoms with Crippen molar-refractivity contribution in [3.05, 3.63) is 35.4 Å². The van der Waals surface area contributed by atoms with E-state index in [9.17, 15) is 13.9 Å². The monoisotopic (exact) mass is 287 g/mol. The van der Waals surface area contributed by atoms with Crippen LogP contribution in [0.1, 0.15) is 32.4 Å². The summed E-state index contributed by atoms with van der Waals surface area (Å²) >= 11 is 0. The number of rotatable bonds is 7. The van der Waals surface area contributed by atoms with Gasteiger partial charge in [-0.1, -0.05) is 19.9 Å². The van der Waals surface area contributed by atoms with Crippen LogP contribution in [0, 0.1) is 17.6 Å². The fourth-order valence-corrected chi connectivity index (χ4v) is 2.03. The molecule has 0 radical (unpaired) electrons. The van der Waals surface area contributed by atoms with E-state index in [4.69, 9.17) is 4.74 Å². The summed E-state index contributed by atoms with van der Waals surface area (Å²) in [7, 11) is 1.62. The summed E-state index contributed by atoms with van der Waals surface area (Å²) in [5, 5.41) is 13.5. The molecule has 0 aromatic heterocycles. The van der Waals surface area contributed by atoms with Gasteiger partial charge in [0, 0.05) is 19.2 Å². The highest BCUT2D eigenvalue weighted by Gasteiger charge is 2.22. The molecule has 1 rings (SSSR count). The Morgan fingerprint density at radius 3 is 2.35 bits per heavy atom. The summed E-state index contributed by atoms with van der Waals surface area (Å²) in [6, 6.07) is 3.22. The van der Waals surface area contributed by atoms with Crippen LogP contribution in [0.15, 0.2) is 18.2 Å². The molecule has 114 valence electrons. The normalized spacial score (nSPS) is 16.2. The van der Waals surface area contributed by atoms with Crippen LogP contribution in [0.2, 0.25) is 0 Å². The van der Waals surface area contributed by atoms with E-state index in [-0.39, 0.29) is 12.1 Å². The minimum Gasteiger partial charge on any atom is -0.387 e. The van der Waals surface area contributed by atoms with Gasteiger partial charge in [-0.05, 0) is 30.5 Å². The van der Waals surface area contributed by atoms with Gasteiger partial charge in [-0.3, -0.25) is 0 Å². The van der Waals surface area contributed by atoms with Crippen LogP contribution in [-0.2, 0) is 4.74 Å². The molecule has 0 aliphatic rings. The summed E-state index contributed by atoms with van der Waals surface area (Å²) in [6.07, 6.45) is -0.914. The molecule has 1 aromatic rings. The van der Waals surface area contributed by atoms with Gasteiger partial charge in [-0.2, -0.15) is 0 Å². The predicted molar refractivity (Wildman–Crippen MR) is 74.4 cm³/mol. The van der Waals surface area contributed by atoms with E-state index < -0.39 is 17.7 Å². The van der Waals surface area contributed by atoms with Gasteiger partial charge in [0.1, 0.15) is 0 Å². The number of aliphatic hydroxyl groups is 1. The Kier molecular flexibility index (Phi) is 6.52. The number of ether oxygens (including phenoxy) is 1. The highest BCUT2D eigenvalue weighted by atomic mass is 19.2. The van der Waals surface area contributed by atoms with Gasteiger partial charge < -0.3 is 15.2 Å². The maximum absolute atomic E-state index is 13.2. The standard InChI is InChI=1S/C15H23F2NO2/c1-9(2)14(8-20-4)18-10(3)15(19)11-5-6-12(16)13(17)7-11/h5-7,9-10,14-15,18-19H,8H2,1-4H3. The van der Waals surface area contributed by atoms with Gasteiger partial charge in [-0.25, -0.2) is 8.78 Å². The quantitative estimate of drug-likeness (QED) is 0.810. The number of aliphatic hydroxyl groups excluding tert-OH is 1. The van der Waals surface area contributed by atoms with Crippen LogP contribution in [-0.4, -0.2) is 30.9 Å². The molecule has 3 unspecified atom stereocenters. The van der Waals surface area contributed by atoms with Crippen molar-refractivity contribution in [1.82, 2.24) is 5.32 Å². The number of hydrogen-bond donors (Lipinski definition) is 2. The molecule has 0 fully saturated rings. The first-order valence-electron chi connectivity index (χ1n) is 6.74. The fourth-order valence-electron chi connectivity index (χ4n) is 2.03. The molecule has 0 amide bonds. The molecule has 3 atom stereocenters. The Bertz CT molecular complexity index is 426. The second-order valence-electron chi connectivity index (χ2n) is 5.38. The third kappa shape index (κ3) is 4.51. The molecule has 20 heavy (non-hydrogen) atoms. The molecule has 0 heterocycles. The van der Waals surface area contributed by atoms with E-state index >= 15 is 0 Å². The molecule has 3 nitrogen and oxygen atoms in total. The maximum Gasteiger partial charge on any atom is 0.159 e. The first-order chi connectivity index (χ1) is 9.36. The van der Waals surface area contributed by atoms with Crippen LogP contribution >= 0.6 is 0 Å². The van der Waals surface area contributed by atoms with Crippen LogP contribution in [0.4, 0.5) is 8.78 Å². The van der Waals surface area contributed by atoms with E-state index in [1.807, 2.05) is 13.8 Å². The Balaban J connectivity index is 2.74. The third-order valence-corrected chi connectivity index (χ3v) is 3.39. The van der Waals surface area contributed by atoms with Crippen molar-refractivity contribution in [3.8, 4) is 0 Å². The van der Waals surface area contributed by atoms with Gasteiger partial charge in [0.05, 0.1) is 12.7 Å². The molecule has 0 aliphatic carbocycles. The van der Waals surface area contributed by atoms with E-state index in [2.05, 4.69) is 5.32 Å². The zero-order valence-corrected chi connectivity index (χ0v) is 12.4. The zero-order chi connectivity index (χ0) is 15.3. The lowest BCUT2D eigenvalue weighted by molar-refractivity contribution is 0.0964. The summed E-state index contributed by atoms with van der Waals surface area (Å²) < 4.78 is 31.2. The second kappa shape index (κ2) is 7.67. The Labute approximate surface area is 119 Å². The molecule has 2 N–H and O–H groups in total. The number of hydrogen-bond acceptors (Lipinski definition) is 3. The van der Waals surface area contributed by atoms with E-state index in [1.54, 1.807) is 14.0 Å². The Morgan fingerprint density at radius 1 is 1.20 bits per heavy atom. The van der Waals surface area contributed by atoms with Crippen molar-refractivity contribution in [2.75, 3.05) is 13.7 Å². The lowest BCUT2D eigenvalue weighted by Crippen LogP contribution is -2.45. The number of methoxy groups -OCH3 is 1. The molecule has 5 heteroatoms. The molecule has 0 saturated heterocycles. The lowest BCUT2D eigenvalue weighted by Gasteiger charge is -2.28.